The van der Waals surface area contributed by atoms with E-state index in [9.17, 15) is 20.4 Å². The quantitative estimate of drug-likeness (QED) is 0.493. The van der Waals surface area contributed by atoms with Crippen molar-refractivity contribution in [2.45, 2.75) is 24.8 Å². The fourth-order valence-corrected chi connectivity index (χ4v) is 4.46. The summed E-state index contributed by atoms with van der Waals surface area (Å²) in [7, 11) is 0. The first-order valence-corrected chi connectivity index (χ1v) is 10.5. The third kappa shape index (κ3) is 3.48. The van der Waals surface area contributed by atoms with E-state index in [2.05, 4.69) is 22.2 Å². The van der Waals surface area contributed by atoms with Crippen molar-refractivity contribution in [2.24, 2.45) is 5.92 Å². The lowest BCUT2D eigenvalue weighted by Crippen LogP contribution is -2.47. The van der Waals surface area contributed by atoms with E-state index in [4.69, 9.17) is 5.10 Å². The number of benzene rings is 2. The summed E-state index contributed by atoms with van der Waals surface area (Å²) in [5.41, 5.74) is 3.68. The molecule has 0 radical (unpaired) electrons. The molecule has 2 aromatic heterocycles. The number of aromatic nitrogens is 4. The van der Waals surface area contributed by atoms with Gasteiger partial charge in [0.2, 0.25) is 0 Å². The average molecular weight is 434 g/mol. The van der Waals surface area contributed by atoms with Gasteiger partial charge in [0.15, 0.2) is 0 Å². The summed E-state index contributed by atoms with van der Waals surface area (Å²) in [5.74, 6) is -1.06. The summed E-state index contributed by atoms with van der Waals surface area (Å²) in [4.78, 5) is 17.3. The standard InChI is InChI=1S/C25H18N6O2/c26-8-7-25(12-16(13-25)14-27)31-29-15-23(30-31)21-10-19(11-22-20(21)2-1-9-28-22)17-3-5-18(6-4-17)24(32)33/h1-6,9-11,15-16H,7,12-13H2,(H,32,33)/t16-,25+. The van der Waals surface area contributed by atoms with Crippen LogP contribution in [0, 0.1) is 28.6 Å². The Morgan fingerprint density at radius 2 is 1.94 bits per heavy atom. The molecular weight excluding hydrogens is 416 g/mol. The van der Waals surface area contributed by atoms with Crippen molar-refractivity contribution in [1.29, 1.82) is 10.5 Å². The van der Waals surface area contributed by atoms with Gasteiger partial charge in [-0.2, -0.15) is 25.5 Å². The molecule has 2 aromatic carbocycles. The smallest absolute Gasteiger partial charge is 0.335 e. The number of carboxylic acids is 1. The topological polar surface area (TPSA) is 128 Å². The lowest BCUT2D eigenvalue weighted by molar-refractivity contribution is 0.0696. The van der Waals surface area contributed by atoms with Gasteiger partial charge in [-0.25, -0.2) is 4.79 Å². The van der Waals surface area contributed by atoms with Gasteiger partial charge in [-0.05, 0) is 54.3 Å². The number of carbonyl (C=O) groups is 1. The highest BCUT2D eigenvalue weighted by molar-refractivity contribution is 5.97. The molecule has 0 spiro atoms. The average Bonchev–Trinajstić information content (AvgIpc) is 3.31. The van der Waals surface area contributed by atoms with Gasteiger partial charge in [-0.3, -0.25) is 4.98 Å². The van der Waals surface area contributed by atoms with E-state index in [1.165, 1.54) is 0 Å². The van der Waals surface area contributed by atoms with E-state index in [1.54, 1.807) is 41.5 Å². The minimum Gasteiger partial charge on any atom is -0.478 e. The maximum Gasteiger partial charge on any atom is 0.335 e. The maximum absolute atomic E-state index is 11.2. The second-order valence-electron chi connectivity index (χ2n) is 8.29. The van der Waals surface area contributed by atoms with E-state index in [-0.39, 0.29) is 17.9 Å². The molecule has 1 saturated carbocycles. The van der Waals surface area contributed by atoms with Gasteiger partial charge in [0.1, 0.15) is 5.69 Å². The van der Waals surface area contributed by atoms with Crippen LogP contribution in [0.15, 0.2) is 60.9 Å². The largest absolute Gasteiger partial charge is 0.478 e. The molecule has 0 unspecified atom stereocenters. The minimum absolute atomic E-state index is 0.0880. The lowest BCUT2D eigenvalue weighted by Gasteiger charge is -2.42. The van der Waals surface area contributed by atoms with Crippen molar-refractivity contribution < 1.29 is 9.90 Å². The van der Waals surface area contributed by atoms with E-state index in [1.807, 2.05) is 24.3 Å². The van der Waals surface area contributed by atoms with Gasteiger partial charge in [-0.1, -0.05) is 18.2 Å². The number of aromatic carboxylic acids is 1. The fourth-order valence-electron chi connectivity index (χ4n) is 4.46. The van der Waals surface area contributed by atoms with Crippen molar-refractivity contribution in [1.82, 2.24) is 20.0 Å². The number of nitriles is 2. The molecular formula is C25H18N6O2. The van der Waals surface area contributed by atoms with E-state index in [0.717, 1.165) is 27.6 Å². The third-order valence-electron chi connectivity index (χ3n) is 6.22. The molecule has 33 heavy (non-hydrogen) atoms. The Kier molecular flexibility index (Phi) is 4.84. The number of fused-ring (bicyclic) bond motifs is 1. The summed E-state index contributed by atoms with van der Waals surface area (Å²) in [6.45, 7) is 0. The van der Waals surface area contributed by atoms with Crippen LogP contribution < -0.4 is 0 Å². The highest BCUT2D eigenvalue weighted by atomic mass is 16.4. The zero-order chi connectivity index (χ0) is 23.0. The summed E-state index contributed by atoms with van der Waals surface area (Å²) >= 11 is 0. The van der Waals surface area contributed by atoms with Crippen LogP contribution in [-0.4, -0.2) is 31.1 Å². The second kappa shape index (κ2) is 7.85. The Morgan fingerprint density at radius 3 is 2.64 bits per heavy atom. The van der Waals surface area contributed by atoms with Crippen molar-refractivity contribution in [2.75, 3.05) is 0 Å². The van der Waals surface area contributed by atoms with Gasteiger partial charge >= 0.3 is 5.97 Å². The van der Waals surface area contributed by atoms with Crippen LogP contribution in [0.1, 0.15) is 29.6 Å². The second-order valence-corrected chi connectivity index (χ2v) is 8.29. The zero-order valence-corrected chi connectivity index (χ0v) is 17.5. The molecule has 1 N–H and O–H groups in total. The van der Waals surface area contributed by atoms with Crippen molar-refractivity contribution in [3.05, 3.63) is 66.5 Å². The molecule has 160 valence electrons. The number of hydrogen-bond acceptors (Lipinski definition) is 6. The predicted molar refractivity (Wildman–Crippen MR) is 120 cm³/mol. The molecule has 2 heterocycles. The molecule has 0 amide bonds. The van der Waals surface area contributed by atoms with Gasteiger partial charge in [0, 0.05) is 17.1 Å². The summed E-state index contributed by atoms with van der Waals surface area (Å²) in [5, 5.41) is 37.8. The minimum atomic E-state index is -0.972. The molecule has 0 aliphatic heterocycles. The van der Waals surface area contributed by atoms with Crippen LogP contribution >= 0.6 is 0 Å². The maximum atomic E-state index is 11.2. The lowest BCUT2D eigenvalue weighted by atomic mass is 9.68. The van der Waals surface area contributed by atoms with Crippen molar-refractivity contribution in [3.63, 3.8) is 0 Å². The van der Waals surface area contributed by atoms with Gasteiger partial charge in [0.25, 0.3) is 0 Å². The van der Waals surface area contributed by atoms with Crippen LogP contribution in [0.3, 0.4) is 0 Å². The predicted octanol–water partition coefficient (Wildman–Crippen LogP) is 4.40. The number of rotatable bonds is 5. The molecule has 0 saturated heterocycles. The molecule has 1 aliphatic rings. The Balaban J connectivity index is 1.60. The highest BCUT2D eigenvalue weighted by Crippen LogP contribution is 2.45. The number of nitrogens with zero attached hydrogens (tertiary/aromatic N) is 6. The SMILES string of the molecule is N#CC[C@]1(n2ncc(-c3cc(-c4ccc(C(=O)O)cc4)cc4ncccc34)n2)C[C@@H](C#N)C1. The Labute approximate surface area is 189 Å². The first-order valence-electron chi connectivity index (χ1n) is 10.5. The fraction of sp³-hybridized carbons (Fsp3) is 0.200. The third-order valence-corrected chi connectivity index (χ3v) is 6.22. The van der Waals surface area contributed by atoms with Crippen LogP contribution in [0.5, 0.6) is 0 Å². The molecule has 4 aromatic rings. The first-order chi connectivity index (χ1) is 16.0. The molecule has 1 aliphatic carbocycles. The Hall–Kier alpha value is -4.56. The first kappa shape index (κ1) is 20.3. The number of carboxylic acid groups (broad SMARTS) is 1. The Morgan fingerprint density at radius 1 is 1.15 bits per heavy atom. The van der Waals surface area contributed by atoms with Gasteiger partial charge in [0.05, 0.1) is 47.3 Å². The van der Waals surface area contributed by atoms with Gasteiger partial charge < -0.3 is 5.11 Å². The van der Waals surface area contributed by atoms with Crippen LogP contribution in [0.25, 0.3) is 33.3 Å². The zero-order valence-electron chi connectivity index (χ0n) is 17.5. The summed E-state index contributed by atoms with van der Waals surface area (Å²) in [6, 6.07) is 18.9. The van der Waals surface area contributed by atoms with Crippen LogP contribution in [0.2, 0.25) is 0 Å². The van der Waals surface area contributed by atoms with Crippen LogP contribution in [-0.2, 0) is 5.54 Å². The van der Waals surface area contributed by atoms with Crippen LogP contribution in [0.4, 0.5) is 0 Å². The highest BCUT2D eigenvalue weighted by Gasteiger charge is 2.48. The Bertz CT molecular complexity index is 1450. The molecule has 8 nitrogen and oxygen atoms in total. The number of hydrogen-bond donors (Lipinski definition) is 1. The van der Waals surface area contributed by atoms with Gasteiger partial charge in [-0.15, -0.1) is 0 Å². The van der Waals surface area contributed by atoms with E-state index in [0.29, 0.717) is 18.5 Å². The number of pyridine rings is 1. The molecule has 1 fully saturated rings. The monoisotopic (exact) mass is 434 g/mol. The van der Waals surface area contributed by atoms with E-state index >= 15 is 0 Å². The van der Waals surface area contributed by atoms with Crippen molar-refractivity contribution in [3.8, 4) is 34.5 Å². The molecule has 8 heteroatoms. The molecule has 0 atom stereocenters. The summed E-state index contributed by atoms with van der Waals surface area (Å²) in [6.07, 6.45) is 4.76. The summed E-state index contributed by atoms with van der Waals surface area (Å²) < 4.78 is 0. The van der Waals surface area contributed by atoms with Crippen molar-refractivity contribution >= 4 is 16.9 Å². The van der Waals surface area contributed by atoms with E-state index < -0.39 is 11.5 Å². The molecule has 0 bridgehead atoms. The molecule has 5 rings (SSSR count). The normalized spacial score (nSPS) is 19.4.